The van der Waals surface area contributed by atoms with Crippen LogP contribution in [0.2, 0.25) is 0 Å². The molecule has 1 rings (SSSR count). The van der Waals surface area contributed by atoms with Crippen LogP contribution in [0, 0.1) is 5.41 Å². The molecule has 0 saturated heterocycles. The topological polar surface area (TPSA) is 77.1 Å². The van der Waals surface area contributed by atoms with E-state index in [-0.39, 0.29) is 11.5 Å². The average molecular weight is 230 g/mol. The van der Waals surface area contributed by atoms with Crippen molar-refractivity contribution in [2.24, 2.45) is 16.3 Å². The third kappa shape index (κ3) is 4.37. The van der Waals surface area contributed by atoms with E-state index in [1.807, 2.05) is 13.8 Å². The van der Waals surface area contributed by atoms with Gasteiger partial charge in [0.25, 0.3) is 0 Å². The molecule has 0 aromatic heterocycles. The van der Waals surface area contributed by atoms with Gasteiger partial charge in [-0.3, -0.25) is 0 Å². The van der Waals surface area contributed by atoms with Crippen LogP contribution in [0.3, 0.4) is 0 Å². The zero-order chi connectivity index (χ0) is 12.0. The molecular formula is C11H22N2O3. The van der Waals surface area contributed by atoms with Gasteiger partial charge < -0.3 is 20.4 Å². The number of nitrogens with zero attached hydrogens (tertiary/aromatic N) is 1. The summed E-state index contributed by atoms with van der Waals surface area (Å²) < 4.78 is 11.0. The minimum atomic E-state index is 0.102. The SMILES string of the molecule is CCOCC(C)OCC1(CC(N)=NO)CC1. The molecule has 5 heteroatoms. The molecule has 94 valence electrons. The van der Waals surface area contributed by atoms with E-state index in [9.17, 15) is 0 Å². The van der Waals surface area contributed by atoms with Crippen LogP contribution in [-0.4, -0.2) is 37.0 Å². The fourth-order valence-electron chi connectivity index (χ4n) is 1.62. The van der Waals surface area contributed by atoms with Crippen molar-refractivity contribution in [1.29, 1.82) is 0 Å². The summed E-state index contributed by atoms with van der Waals surface area (Å²) in [6.45, 7) is 5.96. The summed E-state index contributed by atoms with van der Waals surface area (Å²) in [6.07, 6.45) is 2.89. The molecule has 16 heavy (non-hydrogen) atoms. The number of ether oxygens (including phenoxy) is 2. The Hall–Kier alpha value is -0.810. The van der Waals surface area contributed by atoms with Gasteiger partial charge in [0.2, 0.25) is 0 Å². The van der Waals surface area contributed by atoms with Gasteiger partial charge >= 0.3 is 0 Å². The second-order valence-corrected chi connectivity index (χ2v) is 4.55. The Kier molecular flexibility index (Phi) is 5.02. The number of hydrogen-bond donors (Lipinski definition) is 2. The normalized spacial score (nSPS) is 20.8. The van der Waals surface area contributed by atoms with E-state index in [0.29, 0.717) is 32.1 Å². The molecule has 1 saturated carbocycles. The van der Waals surface area contributed by atoms with Crippen LogP contribution < -0.4 is 5.73 Å². The van der Waals surface area contributed by atoms with Crippen LogP contribution in [0.25, 0.3) is 0 Å². The van der Waals surface area contributed by atoms with E-state index in [4.69, 9.17) is 20.4 Å². The molecule has 0 aliphatic heterocycles. The lowest BCUT2D eigenvalue weighted by Crippen LogP contribution is -2.25. The van der Waals surface area contributed by atoms with Crippen molar-refractivity contribution >= 4 is 5.84 Å². The predicted octanol–water partition coefficient (Wildman–Crippen LogP) is 1.34. The summed E-state index contributed by atoms with van der Waals surface area (Å²) in [6, 6.07) is 0. The van der Waals surface area contributed by atoms with E-state index in [2.05, 4.69) is 5.16 Å². The minimum absolute atomic E-state index is 0.102. The Morgan fingerprint density at radius 2 is 2.25 bits per heavy atom. The first-order chi connectivity index (χ1) is 7.62. The summed E-state index contributed by atoms with van der Waals surface area (Å²) in [5.74, 6) is 0.290. The second kappa shape index (κ2) is 6.06. The number of amidine groups is 1. The first-order valence-electron chi connectivity index (χ1n) is 5.77. The van der Waals surface area contributed by atoms with Crippen LogP contribution in [0.1, 0.15) is 33.1 Å². The monoisotopic (exact) mass is 230 g/mol. The number of hydrogen-bond acceptors (Lipinski definition) is 4. The molecule has 1 unspecified atom stereocenters. The summed E-state index contributed by atoms with van der Waals surface area (Å²) in [4.78, 5) is 0. The standard InChI is InChI=1S/C11H22N2O3/c1-3-15-7-9(2)16-8-11(4-5-11)6-10(12)13-14/h9,14H,3-8H2,1-2H3,(H2,12,13). The highest BCUT2D eigenvalue weighted by Crippen LogP contribution is 2.49. The van der Waals surface area contributed by atoms with Crippen LogP contribution in [-0.2, 0) is 9.47 Å². The van der Waals surface area contributed by atoms with Crippen LogP contribution >= 0.6 is 0 Å². The maximum atomic E-state index is 8.52. The van der Waals surface area contributed by atoms with Crippen molar-refractivity contribution in [3.8, 4) is 0 Å². The van der Waals surface area contributed by atoms with Gasteiger partial charge in [0.05, 0.1) is 19.3 Å². The smallest absolute Gasteiger partial charge is 0.139 e. The van der Waals surface area contributed by atoms with E-state index < -0.39 is 0 Å². The van der Waals surface area contributed by atoms with Gasteiger partial charge in [0, 0.05) is 18.4 Å². The molecule has 1 aliphatic carbocycles. The molecule has 5 nitrogen and oxygen atoms in total. The number of rotatable bonds is 8. The molecule has 0 aromatic rings. The quantitative estimate of drug-likeness (QED) is 0.285. The summed E-state index contributed by atoms with van der Waals surface area (Å²) in [7, 11) is 0. The Morgan fingerprint density at radius 3 is 2.75 bits per heavy atom. The average Bonchev–Trinajstić information content (AvgIpc) is 3.04. The molecule has 0 heterocycles. The van der Waals surface area contributed by atoms with Crippen molar-refractivity contribution in [2.75, 3.05) is 19.8 Å². The maximum Gasteiger partial charge on any atom is 0.139 e. The van der Waals surface area contributed by atoms with Crippen molar-refractivity contribution < 1.29 is 14.7 Å². The Bertz CT molecular complexity index is 239. The lowest BCUT2D eigenvalue weighted by molar-refractivity contribution is -0.0204. The summed E-state index contributed by atoms with van der Waals surface area (Å²) >= 11 is 0. The third-order valence-corrected chi connectivity index (χ3v) is 2.87. The summed E-state index contributed by atoms with van der Waals surface area (Å²) in [5.41, 5.74) is 5.61. The van der Waals surface area contributed by atoms with Gasteiger partial charge in [-0.05, 0) is 26.7 Å². The summed E-state index contributed by atoms with van der Waals surface area (Å²) in [5, 5.41) is 11.5. The van der Waals surface area contributed by atoms with Gasteiger partial charge in [0.1, 0.15) is 5.84 Å². The Labute approximate surface area is 96.6 Å². The molecule has 0 amide bonds. The van der Waals surface area contributed by atoms with Gasteiger partial charge in [-0.1, -0.05) is 5.16 Å². The van der Waals surface area contributed by atoms with E-state index in [0.717, 1.165) is 12.8 Å². The highest BCUT2D eigenvalue weighted by Gasteiger charge is 2.43. The fraction of sp³-hybridized carbons (Fsp3) is 0.909. The van der Waals surface area contributed by atoms with Gasteiger partial charge in [-0.15, -0.1) is 0 Å². The zero-order valence-electron chi connectivity index (χ0n) is 10.1. The van der Waals surface area contributed by atoms with Crippen molar-refractivity contribution in [3.63, 3.8) is 0 Å². The second-order valence-electron chi connectivity index (χ2n) is 4.55. The van der Waals surface area contributed by atoms with Crippen LogP contribution in [0.5, 0.6) is 0 Å². The van der Waals surface area contributed by atoms with Gasteiger partial charge in [-0.2, -0.15) is 0 Å². The molecule has 1 atom stereocenters. The molecule has 0 radical (unpaired) electrons. The third-order valence-electron chi connectivity index (χ3n) is 2.87. The maximum absolute atomic E-state index is 8.52. The van der Waals surface area contributed by atoms with Gasteiger partial charge in [0.15, 0.2) is 0 Å². The number of nitrogens with two attached hydrogens (primary N) is 1. The molecule has 1 aliphatic rings. The lowest BCUT2D eigenvalue weighted by atomic mass is 10.0. The molecular weight excluding hydrogens is 208 g/mol. The number of oxime groups is 1. The van der Waals surface area contributed by atoms with Crippen molar-refractivity contribution in [3.05, 3.63) is 0 Å². The first kappa shape index (κ1) is 13.3. The van der Waals surface area contributed by atoms with Gasteiger partial charge in [-0.25, -0.2) is 0 Å². The predicted molar refractivity (Wildman–Crippen MR) is 61.6 cm³/mol. The van der Waals surface area contributed by atoms with E-state index >= 15 is 0 Å². The Balaban J connectivity index is 2.21. The van der Waals surface area contributed by atoms with Crippen molar-refractivity contribution in [2.45, 2.75) is 39.2 Å². The first-order valence-corrected chi connectivity index (χ1v) is 5.77. The highest BCUT2D eigenvalue weighted by molar-refractivity contribution is 5.80. The lowest BCUT2D eigenvalue weighted by Gasteiger charge is -2.18. The van der Waals surface area contributed by atoms with Crippen molar-refractivity contribution in [1.82, 2.24) is 0 Å². The highest BCUT2D eigenvalue weighted by atomic mass is 16.5. The van der Waals surface area contributed by atoms with E-state index in [1.54, 1.807) is 0 Å². The van der Waals surface area contributed by atoms with E-state index in [1.165, 1.54) is 0 Å². The fourth-order valence-corrected chi connectivity index (χ4v) is 1.62. The Morgan fingerprint density at radius 1 is 1.56 bits per heavy atom. The minimum Gasteiger partial charge on any atom is -0.409 e. The molecule has 0 aromatic carbocycles. The molecule has 3 N–H and O–H groups in total. The molecule has 1 fully saturated rings. The molecule has 0 spiro atoms. The molecule has 0 bridgehead atoms. The zero-order valence-corrected chi connectivity index (χ0v) is 10.1. The van der Waals surface area contributed by atoms with Crippen LogP contribution in [0.4, 0.5) is 0 Å². The largest absolute Gasteiger partial charge is 0.409 e. The van der Waals surface area contributed by atoms with Crippen LogP contribution in [0.15, 0.2) is 5.16 Å².